The second kappa shape index (κ2) is 8.81. The Bertz CT molecular complexity index is 1060. The summed E-state index contributed by atoms with van der Waals surface area (Å²) >= 11 is 0. The summed E-state index contributed by atoms with van der Waals surface area (Å²) in [5, 5.41) is 6.00. The molecule has 3 heterocycles. The quantitative estimate of drug-likeness (QED) is 0.775. The molecule has 2 N–H and O–H groups in total. The number of amides is 3. The van der Waals surface area contributed by atoms with Crippen molar-refractivity contribution in [1.29, 1.82) is 0 Å². The van der Waals surface area contributed by atoms with E-state index in [0.29, 0.717) is 36.9 Å². The van der Waals surface area contributed by atoms with Crippen LogP contribution in [0.4, 0.5) is 10.5 Å². The third-order valence-corrected chi connectivity index (χ3v) is 7.11. The number of carbonyl (C=O) groups is 2. The number of piperidine rings is 1. The average molecular weight is 435 g/mol. The average Bonchev–Trinajstić information content (AvgIpc) is 2.82. The van der Waals surface area contributed by atoms with Gasteiger partial charge in [-0.15, -0.1) is 0 Å². The zero-order valence-corrected chi connectivity index (χ0v) is 18.3. The second-order valence-corrected chi connectivity index (χ2v) is 9.40. The highest BCUT2D eigenvalue weighted by atomic mass is 16.2. The molecule has 7 nitrogen and oxygen atoms in total. The summed E-state index contributed by atoms with van der Waals surface area (Å²) < 4.78 is 1.80. The molecule has 0 unspecified atom stereocenters. The Kier molecular flexibility index (Phi) is 5.72. The van der Waals surface area contributed by atoms with E-state index in [2.05, 4.69) is 10.6 Å². The summed E-state index contributed by atoms with van der Waals surface area (Å²) in [6, 6.07) is 12.9. The van der Waals surface area contributed by atoms with Gasteiger partial charge in [0, 0.05) is 42.9 Å². The van der Waals surface area contributed by atoms with Gasteiger partial charge in [-0.2, -0.15) is 0 Å². The lowest BCUT2D eigenvalue weighted by Gasteiger charge is -2.43. The summed E-state index contributed by atoms with van der Waals surface area (Å²) in [6.45, 7) is 1.87. The van der Waals surface area contributed by atoms with Crippen LogP contribution in [0.3, 0.4) is 0 Å². The number of aromatic nitrogens is 1. The number of benzene rings is 1. The van der Waals surface area contributed by atoms with E-state index in [0.717, 1.165) is 25.0 Å². The van der Waals surface area contributed by atoms with E-state index in [4.69, 9.17) is 0 Å². The van der Waals surface area contributed by atoms with Gasteiger partial charge in [0.1, 0.15) is 5.69 Å². The molecule has 3 aliphatic rings. The molecule has 2 aromatic rings. The summed E-state index contributed by atoms with van der Waals surface area (Å²) in [4.78, 5) is 40.5. The van der Waals surface area contributed by atoms with Crippen LogP contribution in [0.1, 0.15) is 60.5 Å². The lowest BCUT2D eigenvalue weighted by atomic mass is 9.83. The van der Waals surface area contributed by atoms with Crippen molar-refractivity contribution in [2.24, 2.45) is 5.92 Å². The highest BCUT2D eigenvalue weighted by molar-refractivity contribution is 6.04. The van der Waals surface area contributed by atoms with Crippen molar-refractivity contribution < 1.29 is 9.59 Å². The largest absolute Gasteiger partial charge is 0.335 e. The van der Waals surface area contributed by atoms with Crippen LogP contribution in [-0.2, 0) is 6.54 Å². The molecule has 2 aliphatic heterocycles. The van der Waals surface area contributed by atoms with Crippen molar-refractivity contribution in [2.45, 2.75) is 57.0 Å². The first kappa shape index (κ1) is 20.8. The molecule has 5 rings (SSSR count). The Morgan fingerprint density at radius 3 is 2.47 bits per heavy atom. The summed E-state index contributed by atoms with van der Waals surface area (Å²) in [5.74, 6) is 0.104. The molecular weight excluding hydrogens is 404 g/mol. The number of likely N-dealkylation sites (tertiary alicyclic amines) is 1. The maximum Gasteiger partial charge on any atom is 0.317 e. The zero-order chi connectivity index (χ0) is 22.1. The van der Waals surface area contributed by atoms with E-state index >= 15 is 0 Å². The number of anilines is 1. The number of urea groups is 1. The minimum Gasteiger partial charge on any atom is -0.335 e. The van der Waals surface area contributed by atoms with E-state index in [1.807, 2.05) is 17.0 Å². The van der Waals surface area contributed by atoms with Crippen LogP contribution in [0.5, 0.6) is 0 Å². The molecule has 3 amide bonds. The maximum atomic E-state index is 13.1. The molecule has 1 aromatic carbocycles. The molecular formula is C25H30N4O3. The second-order valence-electron chi connectivity index (χ2n) is 9.40. The van der Waals surface area contributed by atoms with E-state index in [-0.39, 0.29) is 29.3 Å². The number of nitrogens with zero attached hydrogens (tertiary/aromatic N) is 2. The summed E-state index contributed by atoms with van der Waals surface area (Å²) in [5.41, 5.74) is 1.61. The number of nitrogens with one attached hydrogen (secondary N) is 2. The van der Waals surface area contributed by atoms with Crippen LogP contribution >= 0.6 is 0 Å². The Morgan fingerprint density at radius 1 is 0.906 bits per heavy atom. The molecule has 2 fully saturated rings. The fourth-order valence-corrected chi connectivity index (χ4v) is 5.50. The molecule has 1 aromatic heterocycles. The first-order valence-electron chi connectivity index (χ1n) is 11.7. The monoisotopic (exact) mass is 434 g/mol. The zero-order valence-electron chi connectivity index (χ0n) is 18.3. The maximum absolute atomic E-state index is 13.1. The van der Waals surface area contributed by atoms with E-state index < -0.39 is 0 Å². The van der Waals surface area contributed by atoms with E-state index in [1.165, 1.54) is 19.3 Å². The van der Waals surface area contributed by atoms with Crippen molar-refractivity contribution >= 4 is 17.6 Å². The number of rotatable bonds is 3. The van der Waals surface area contributed by atoms with Gasteiger partial charge >= 0.3 is 6.03 Å². The Labute approximate surface area is 187 Å². The van der Waals surface area contributed by atoms with Gasteiger partial charge in [0.15, 0.2) is 0 Å². The lowest BCUT2D eigenvalue weighted by molar-refractivity contribution is 0.102. The smallest absolute Gasteiger partial charge is 0.317 e. The SMILES string of the molecule is O=C(Nc1ccc2n(c1=O)C[C@H]1C[C@@H]2CN(C(=O)NC2CCCCC2)C1)c1ccccc1. The predicted molar refractivity (Wildman–Crippen MR) is 123 cm³/mol. The Hall–Kier alpha value is -3.09. The van der Waals surface area contributed by atoms with Crippen molar-refractivity contribution in [3.8, 4) is 0 Å². The van der Waals surface area contributed by atoms with E-state index in [1.54, 1.807) is 34.9 Å². The Morgan fingerprint density at radius 2 is 1.69 bits per heavy atom. The first-order chi connectivity index (χ1) is 15.6. The van der Waals surface area contributed by atoms with Crippen LogP contribution in [0.15, 0.2) is 47.3 Å². The van der Waals surface area contributed by atoms with Gasteiger partial charge in [-0.05, 0) is 49.4 Å². The molecule has 2 atom stereocenters. The third kappa shape index (κ3) is 4.16. The molecule has 1 aliphatic carbocycles. The highest BCUT2D eigenvalue weighted by Gasteiger charge is 2.37. The number of hydrogen-bond acceptors (Lipinski definition) is 3. The first-order valence-corrected chi connectivity index (χ1v) is 11.7. The van der Waals surface area contributed by atoms with Crippen LogP contribution in [0.25, 0.3) is 0 Å². The minimum absolute atomic E-state index is 0.0362. The summed E-state index contributed by atoms with van der Waals surface area (Å²) in [6.07, 6.45) is 6.78. The third-order valence-electron chi connectivity index (χ3n) is 7.11. The molecule has 1 saturated heterocycles. The standard InChI is InChI=1S/C25H30N4O3/c30-23(18-7-3-1-4-8-18)27-21-11-12-22-19-13-17(15-29(22)24(21)31)14-28(16-19)25(32)26-20-9-5-2-6-10-20/h1,3-4,7-8,11-12,17,19-20H,2,5-6,9-10,13-16H2,(H,26,32)(H,27,30)/t17-,19+/m0/s1. The molecule has 2 bridgehead atoms. The van der Waals surface area contributed by atoms with Crippen LogP contribution in [-0.4, -0.2) is 40.5 Å². The normalized spacial score (nSPS) is 22.7. The van der Waals surface area contributed by atoms with Crippen molar-refractivity contribution in [3.05, 3.63) is 64.1 Å². The van der Waals surface area contributed by atoms with Crippen molar-refractivity contribution in [2.75, 3.05) is 18.4 Å². The highest BCUT2D eigenvalue weighted by Crippen LogP contribution is 2.35. The van der Waals surface area contributed by atoms with Gasteiger partial charge in [0.2, 0.25) is 0 Å². The number of fused-ring (bicyclic) bond motifs is 4. The number of hydrogen-bond donors (Lipinski definition) is 2. The fraction of sp³-hybridized carbons (Fsp3) is 0.480. The van der Waals surface area contributed by atoms with Crippen molar-refractivity contribution in [3.63, 3.8) is 0 Å². The molecule has 0 spiro atoms. The van der Waals surface area contributed by atoms with Gasteiger partial charge in [0.25, 0.3) is 11.5 Å². The molecule has 1 saturated carbocycles. The van der Waals surface area contributed by atoms with E-state index in [9.17, 15) is 14.4 Å². The van der Waals surface area contributed by atoms with Gasteiger partial charge in [-0.3, -0.25) is 9.59 Å². The summed E-state index contributed by atoms with van der Waals surface area (Å²) in [7, 11) is 0. The van der Waals surface area contributed by atoms with Gasteiger partial charge in [-0.25, -0.2) is 4.79 Å². The van der Waals surface area contributed by atoms with Crippen LogP contribution in [0.2, 0.25) is 0 Å². The molecule has 7 heteroatoms. The topological polar surface area (TPSA) is 83.4 Å². The van der Waals surface area contributed by atoms with Gasteiger partial charge in [0.05, 0.1) is 0 Å². The molecule has 32 heavy (non-hydrogen) atoms. The minimum atomic E-state index is -0.287. The number of carbonyl (C=O) groups excluding carboxylic acids is 2. The predicted octanol–water partition coefficient (Wildman–Crippen LogP) is 3.56. The van der Waals surface area contributed by atoms with Gasteiger partial charge < -0.3 is 20.1 Å². The molecule has 0 radical (unpaired) electrons. The molecule has 168 valence electrons. The fourth-order valence-electron chi connectivity index (χ4n) is 5.50. The lowest BCUT2D eigenvalue weighted by Crippen LogP contribution is -2.53. The number of pyridine rings is 1. The van der Waals surface area contributed by atoms with Crippen LogP contribution < -0.4 is 16.2 Å². The van der Waals surface area contributed by atoms with Gasteiger partial charge in [-0.1, -0.05) is 37.5 Å². The Balaban J connectivity index is 1.30. The van der Waals surface area contributed by atoms with Crippen molar-refractivity contribution in [1.82, 2.24) is 14.8 Å². The van der Waals surface area contributed by atoms with Crippen LogP contribution in [0, 0.1) is 5.92 Å².